The van der Waals surface area contributed by atoms with E-state index in [1.165, 1.54) is 0 Å². The minimum atomic E-state index is -1.09. The van der Waals surface area contributed by atoms with E-state index in [-0.39, 0.29) is 11.8 Å². The molecule has 1 atom stereocenters. The number of fused-ring (bicyclic) bond motifs is 1. The number of hydrogen-bond acceptors (Lipinski definition) is 2. The van der Waals surface area contributed by atoms with Crippen molar-refractivity contribution in [2.24, 2.45) is 0 Å². The van der Waals surface area contributed by atoms with Crippen LogP contribution in [0.15, 0.2) is 54.6 Å². The maximum absolute atomic E-state index is 12.5. The Morgan fingerprint density at radius 3 is 2.30 bits per heavy atom. The first-order valence-electron chi connectivity index (χ1n) is 6.40. The zero-order valence-electron chi connectivity index (χ0n) is 11.0. The van der Waals surface area contributed by atoms with E-state index >= 15 is 0 Å². The minimum absolute atomic E-state index is 0.248. The van der Waals surface area contributed by atoms with Crippen LogP contribution in [0.5, 0.6) is 0 Å². The summed E-state index contributed by atoms with van der Waals surface area (Å²) >= 11 is 0. The summed E-state index contributed by atoms with van der Waals surface area (Å²) in [5.41, 5.74) is 0.672. The van der Waals surface area contributed by atoms with Gasteiger partial charge >= 0.3 is 0 Å². The van der Waals surface area contributed by atoms with Crippen LogP contribution in [-0.4, -0.2) is 11.8 Å². The number of anilines is 1. The molecule has 100 valence electrons. The van der Waals surface area contributed by atoms with Gasteiger partial charge in [-0.1, -0.05) is 42.5 Å². The number of hydrogen-bond donors (Lipinski definition) is 2. The van der Waals surface area contributed by atoms with E-state index < -0.39 is 5.54 Å². The van der Waals surface area contributed by atoms with Crippen LogP contribution in [-0.2, 0) is 10.3 Å². The van der Waals surface area contributed by atoms with Crippen LogP contribution in [0.3, 0.4) is 0 Å². The second-order valence-corrected chi connectivity index (χ2v) is 4.94. The van der Waals surface area contributed by atoms with Gasteiger partial charge in [0.25, 0.3) is 11.8 Å². The predicted octanol–water partition coefficient (Wildman–Crippen LogP) is 2.28. The van der Waals surface area contributed by atoms with Crippen LogP contribution in [0.4, 0.5) is 5.69 Å². The zero-order chi connectivity index (χ0) is 14.2. The van der Waals surface area contributed by atoms with Gasteiger partial charge in [0, 0.05) is 0 Å². The molecule has 2 aromatic rings. The largest absolute Gasteiger partial charge is 0.334 e. The number of carbonyl (C=O) groups excluding carboxylic acids is 2. The standard InChI is InChI=1S/C16H14N2O2/c1-16(11-7-3-2-4-8-11)15(20)17-13-10-6-5-9-12(13)14(19)18-16/h2-10H,1H3,(H,17,20)(H,18,19). The SMILES string of the molecule is CC1(c2ccccc2)NC(=O)c2ccccc2NC1=O. The van der Waals surface area contributed by atoms with Gasteiger partial charge in [-0.15, -0.1) is 0 Å². The molecule has 0 aromatic heterocycles. The van der Waals surface area contributed by atoms with Gasteiger partial charge in [0.2, 0.25) is 0 Å². The maximum atomic E-state index is 12.5. The van der Waals surface area contributed by atoms with Crippen molar-refractivity contribution < 1.29 is 9.59 Å². The molecule has 4 heteroatoms. The van der Waals surface area contributed by atoms with Gasteiger partial charge in [-0.25, -0.2) is 0 Å². The molecule has 3 rings (SSSR count). The summed E-state index contributed by atoms with van der Waals surface area (Å²) in [7, 11) is 0. The summed E-state index contributed by atoms with van der Waals surface area (Å²) in [6.07, 6.45) is 0. The van der Waals surface area contributed by atoms with Crippen LogP contribution in [0.1, 0.15) is 22.8 Å². The second kappa shape index (κ2) is 4.49. The van der Waals surface area contributed by atoms with Gasteiger partial charge in [0.1, 0.15) is 5.54 Å². The van der Waals surface area contributed by atoms with E-state index in [2.05, 4.69) is 10.6 Å². The summed E-state index contributed by atoms with van der Waals surface area (Å²) < 4.78 is 0. The molecule has 20 heavy (non-hydrogen) atoms. The van der Waals surface area contributed by atoms with E-state index in [1.54, 1.807) is 31.2 Å². The Morgan fingerprint density at radius 2 is 1.55 bits per heavy atom. The number of nitrogens with one attached hydrogen (secondary N) is 2. The molecule has 1 unspecified atom stereocenters. The van der Waals surface area contributed by atoms with Crippen molar-refractivity contribution in [2.75, 3.05) is 5.32 Å². The summed E-state index contributed by atoms with van der Waals surface area (Å²) in [4.78, 5) is 24.9. The summed E-state index contributed by atoms with van der Waals surface area (Å²) in [6.45, 7) is 1.71. The van der Waals surface area contributed by atoms with Crippen molar-refractivity contribution in [1.29, 1.82) is 0 Å². The van der Waals surface area contributed by atoms with Gasteiger partial charge in [-0.3, -0.25) is 9.59 Å². The zero-order valence-corrected chi connectivity index (χ0v) is 11.0. The van der Waals surface area contributed by atoms with E-state index in [0.717, 1.165) is 5.56 Å². The molecule has 0 spiro atoms. The first-order valence-corrected chi connectivity index (χ1v) is 6.40. The molecular formula is C16H14N2O2. The molecule has 0 saturated heterocycles. The fourth-order valence-corrected chi connectivity index (χ4v) is 2.36. The Hall–Kier alpha value is -2.62. The molecule has 0 radical (unpaired) electrons. The highest BCUT2D eigenvalue weighted by atomic mass is 16.2. The second-order valence-electron chi connectivity index (χ2n) is 4.94. The predicted molar refractivity (Wildman–Crippen MR) is 76.3 cm³/mol. The van der Waals surface area contributed by atoms with Crippen LogP contribution >= 0.6 is 0 Å². The van der Waals surface area contributed by atoms with Crippen molar-refractivity contribution in [3.8, 4) is 0 Å². The average molecular weight is 266 g/mol. The molecule has 1 aliphatic heterocycles. The third-order valence-corrected chi connectivity index (χ3v) is 3.59. The Morgan fingerprint density at radius 1 is 0.900 bits per heavy atom. The quantitative estimate of drug-likeness (QED) is 0.832. The summed E-state index contributed by atoms with van der Waals surface area (Å²) in [5, 5.41) is 5.65. The highest BCUT2D eigenvalue weighted by Crippen LogP contribution is 2.28. The van der Waals surface area contributed by atoms with Crippen LogP contribution < -0.4 is 10.6 Å². The third-order valence-electron chi connectivity index (χ3n) is 3.59. The van der Waals surface area contributed by atoms with E-state index in [1.807, 2.05) is 30.3 Å². The number of para-hydroxylation sites is 1. The lowest BCUT2D eigenvalue weighted by Crippen LogP contribution is -2.50. The first-order chi connectivity index (χ1) is 9.61. The summed E-state index contributed by atoms with van der Waals surface area (Å²) in [5.74, 6) is -0.507. The third kappa shape index (κ3) is 1.86. The maximum Gasteiger partial charge on any atom is 0.254 e. The van der Waals surface area contributed by atoms with Crippen molar-refractivity contribution in [2.45, 2.75) is 12.5 Å². The van der Waals surface area contributed by atoms with Crippen molar-refractivity contribution in [1.82, 2.24) is 5.32 Å². The van der Waals surface area contributed by atoms with Crippen molar-refractivity contribution >= 4 is 17.5 Å². The lowest BCUT2D eigenvalue weighted by molar-refractivity contribution is -0.121. The molecule has 4 nitrogen and oxygen atoms in total. The fourth-order valence-electron chi connectivity index (χ4n) is 2.36. The smallest absolute Gasteiger partial charge is 0.254 e. The van der Waals surface area contributed by atoms with E-state index in [9.17, 15) is 9.59 Å². The van der Waals surface area contributed by atoms with Gasteiger partial charge in [0.05, 0.1) is 11.3 Å². The first kappa shape index (κ1) is 12.4. The molecule has 1 heterocycles. The van der Waals surface area contributed by atoms with Gasteiger partial charge < -0.3 is 10.6 Å². The number of benzene rings is 2. The van der Waals surface area contributed by atoms with Crippen LogP contribution in [0, 0.1) is 0 Å². The highest BCUT2D eigenvalue weighted by Gasteiger charge is 2.39. The van der Waals surface area contributed by atoms with E-state index in [0.29, 0.717) is 11.3 Å². The number of carbonyl (C=O) groups is 2. The average Bonchev–Trinajstić information content (AvgIpc) is 2.57. The lowest BCUT2D eigenvalue weighted by atomic mass is 9.91. The molecule has 2 amide bonds. The minimum Gasteiger partial charge on any atom is -0.334 e. The highest BCUT2D eigenvalue weighted by molar-refractivity contribution is 6.11. The monoisotopic (exact) mass is 266 g/mol. The molecular weight excluding hydrogens is 252 g/mol. The normalized spacial score (nSPS) is 21.4. The Labute approximate surface area is 116 Å². The number of rotatable bonds is 1. The van der Waals surface area contributed by atoms with Crippen LogP contribution in [0.2, 0.25) is 0 Å². The van der Waals surface area contributed by atoms with Crippen molar-refractivity contribution in [3.63, 3.8) is 0 Å². The van der Waals surface area contributed by atoms with E-state index in [4.69, 9.17) is 0 Å². The molecule has 0 bridgehead atoms. The lowest BCUT2D eigenvalue weighted by Gasteiger charge is -2.27. The Bertz CT molecular complexity index is 682. The van der Waals surface area contributed by atoms with Gasteiger partial charge in [-0.05, 0) is 24.6 Å². The molecule has 2 N–H and O–H groups in total. The topological polar surface area (TPSA) is 58.2 Å². The van der Waals surface area contributed by atoms with Crippen molar-refractivity contribution in [3.05, 3.63) is 65.7 Å². The molecule has 2 aromatic carbocycles. The molecule has 0 aliphatic carbocycles. The van der Waals surface area contributed by atoms with Crippen LogP contribution in [0.25, 0.3) is 0 Å². The fraction of sp³-hybridized carbons (Fsp3) is 0.125. The Balaban J connectivity index is 2.09. The number of amides is 2. The Kier molecular flexibility index (Phi) is 2.79. The molecule has 1 aliphatic rings. The van der Waals surface area contributed by atoms with Gasteiger partial charge in [0.15, 0.2) is 0 Å². The summed E-state index contributed by atoms with van der Waals surface area (Å²) in [6, 6.07) is 16.2. The molecule has 0 fully saturated rings. The molecule has 0 saturated carbocycles. The van der Waals surface area contributed by atoms with Gasteiger partial charge in [-0.2, -0.15) is 0 Å².